The molecular weight excluding hydrogens is 342 g/mol. The van der Waals surface area contributed by atoms with Gasteiger partial charge in [-0.05, 0) is 42.7 Å². The van der Waals surface area contributed by atoms with Gasteiger partial charge in [0, 0.05) is 24.1 Å². The highest BCUT2D eigenvalue weighted by Crippen LogP contribution is 2.27. The molecule has 1 fully saturated rings. The van der Waals surface area contributed by atoms with Gasteiger partial charge >= 0.3 is 6.09 Å². The van der Waals surface area contributed by atoms with Crippen LogP contribution in [0.15, 0.2) is 48.9 Å². The van der Waals surface area contributed by atoms with Crippen LogP contribution in [0.5, 0.6) is 0 Å². The minimum Gasteiger partial charge on any atom is -0.447 e. The first-order valence-corrected chi connectivity index (χ1v) is 9.15. The molecule has 0 aliphatic carbocycles. The number of aromatic nitrogens is 3. The third-order valence-corrected chi connectivity index (χ3v) is 4.93. The number of anilines is 2. The van der Waals surface area contributed by atoms with E-state index in [2.05, 4.69) is 58.8 Å². The molecule has 7 heteroatoms. The van der Waals surface area contributed by atoms with Crippen molar-refractivity contribution in [3.63, 3.8) is 0 Å². The Morgan fingerprint density at radius 1 is 1.26 bits per heavy atom. The zero-order chi connectivity index (χ0) is 19.0. The molecule has 4 heterocycles. The second-order valence-electron chi connectivity index (χ2n) is 7.17. The maximum absolute atomic E-state index is 12.2. The first-order valence-electron chi connectivity index (χ1n) is 9.15. The van der Waals surface area contributed by atoms with Crippen molar-refractivity contribution in [3.05, 3.63) is 54.5 Å². The van der Waals surface area contributed by atoms with Crippen LogP contribution in [-0.4, -0.2) is 33.1 Å². The number of hydrogen-bond donors (Lipinski definition) is 1. The largest absolute Gasteiger partial charge is 0.447 e. The summed E-state index contributed by atoms with van der Waals surface area (Å²) < 4.78 is 7.30. The number of pyridine rings is 1. The average Bonchev–Trinajstić information content (AvgIpc) is 3.25. The number of rotatable bonds is 5. The smallest absolute Gasteiger partial charge is 0.415 e. The zero-order valence-electron chi connectivity index (χ0n) is 15.7. The summed E-state index contributed by atoms with van der Waals surface area (Å²) >= 11 is 0. The SMILES string of the molecule is CC(C)[C@H]1COC(=O)N1c1ccnc(N[C@@H](C)c2cc3ccccn3c2)n1. The Kier molecular flexibility index (Phi) is 4.43. The molecule has 0 bridgehead atoms. The highest BCUT2D eigenvalue weighted by atomic mass is 16.6. The van der Waals surface area contributed by atoms with Crippen LogP contribution in [0, 0.1) is 5.92 Å². The Balaban J connectivity index is 1.56. The van der Waals surface area contributed by atoms with Crippen LogP contribution in [0.2, 0.25) is 0 Å². The van der Waals surface area contributed by atoms with Crippen LogP contribution in [0.4, 0.5) is 16.6 Å². The molecule has 2 atom stereocenters. The van der Waals surface area contributed by atoms with Gasteiger partial charge < -0.3 is 14.5 Å². The monoisotopic (exact) mass is 365 g/mol. The predicted molar refractivity (Wildman–Crippen MR) is 104 cm³/mol. The van der Waals surface area contributed by atoms with Crippen LogP contribution in [0.1, 0.15) is 32.4 Å². The number of amides is 1. The minimum atomic E-state index is -0.356. The van der Waals surface area contributed by atoms with E-state index in [4.69, 9.17) is 4.74 Å². The summed E-state index contributed by atoms with van der Waals surface area (Å²) in [5.41, 5.74) is 2.27. The Hall–Kier alpha value is -3.09. The van der Waals surface area contributed by atoms with Gasteiger partial charge in [0.2, 0.25) is 5.95 Å². The highest BCUT2D eigenvalue weighted by molar-refractivity contribution is 5.89. The number of cyclic esters (lactones) is 1. The molecule has 0 aromatic carbocycles. The molecule has 1 aliphatic rings. The van der Waals surface area contributed by atoms with Crippen molar-refractivity contribution in [1.29, 1.82) is 0 Å². The molecule has 1 aliphatic heterocycles. The molecule has 27 heavy (non-hydrogen) atoms. The lowest BCUT2D eigenvalue weighted by molar-refractivity contribution is 0.177. The molecule has 1 saturated heterocycles. The fourth-order valence-corrected chi connectivity index (χ4v) is 3.33. The summed E-state index contributed by atoms with van der Waals surface area (Å²) in [4.78, 5) is 22.7. The van der Waals surface area contributed by atoms with Gasteiger partial charge in [0.15, 0.2) is 0 Å². The van der Waals surface area contributed by atoms with E-state index in [1.54, 1.807) is 17.2 Å². The molecule has 0 radical (unpaired) electrons. The lowest BCUT2D eigenvalue weighted by Gasteiger charge is -2.23. The molecule has 0 unspecified atom stereocenters. The minimum absolute atomic E-state index is 0.0190. The summed E-state index contributed by atoms with van der Waals surface area (Å²) in [7, 11) is 0. The van der Waals surface area contributed by atoms with E-state index in [0.29, 0.717) is 18.4 Å². The molecular formula is C20H23N5O2. The van der Waals surface area contributed by atoms with Crippen LogP contribution >= 0.6 is 0 Å². The van der Waals surface area contributed by atoms with Crippen molar-refractivity contribution in [1.82, 2.24) is 14.4 Å². The number of ether oxygens (including phenoxy) is 1. The summed E-state index contributed by atoms with van der Waals surface area (Å²) in [6, 6.07) is 9.96. The van der Waals surface area contributed by atoms with Gasteiger partial charge in [-0.25, -0.2) is 9.78 Å². The fourth-order valence-electron chi connectivity index (χ4n) is 3.33. The Morgan fingerprint density at radius 2 is 2.11 bits per heavy atom. The summed E-state index contributed by atoms with van der Waals surface area (Å²) in [5, 5.41) is 3.33. The van der Waals surface area contributed by atoms with E-state index >= 15 is 0 Å². The van der Waals surface area contributed by atoms with Gasteiger partial charge in [0.25, 0.3) is 0 Å². The highest BCUT2D eigenvalue weighted by Gasteiger charge is 2.37. The maximum Gasteiger partial charge on any atom is 0.415 e. The first-order chi connectivity index (χ1) is 13.0. The fraction of sp³-hybridized carbons (Fsp3) is 0.350. The van der Waals surface area contributed by atoms with Crippen LogP contribution in [0.25, 0.3) is 5.52 Å². The third-order valence-electron chi connectivity index (χ3n) is 4.93. The van der Waals surface area contributed by atoms with Gasteiger partial charge in [-0.2, -0.15) is 4.98 Å². The number of nitrogens with zero attached hydrogens (tertiary/aromatic N) is 4. The molecule has 1 N–H and O–H groups in total. The third kappa shape index (κ3) is 3.32. The number of fused-ring (bicyclic) bond motifs is 1. The average molecular weight is 365 g/mol. The number of carbonyl (C=O) groups is 1. The molecule has 4 rings (SSSR count). The normalized spacial score (nSPS) is 18.1. The molecule has 140 valence electrons. The molecule has 0 spiro atoms. The van der Waals surface area contributed by atoms with E-state index < -0.39 is 0 Å². The maximum atomic E-state index is 12.2. The van der Waals surface area contributed by atoms with Gasteiger partial charge in [-0.15, -0.1) is 0 Å². The zero-order valence-corrected chi connectivity index (χ0v) is 15.7. The number of carbonyl (C=O) groups excluding carboxylic acids is 1. The van der Waals surface area contributed by atoms with Gasteiger partial charge in [0.1, 0.15) is 12.4 Å². The van der Waals surface area contributed by atoms with Gasteiger partial charge in [-0.1, -0.05) is 19.9 Å². The van der Waals surface area contributed by atoms with E-state index in [1.165, 1.54) is 0 Å². The molecule has 1 amide bonds. The molecule has 3 aromatic heterocycles. The van der Waals surface area contributed by atoms with Crippen molar-refractivity contribution in [2.45, 2.75) is 32.9 Å². The van der Waals surface area contributed by atoms with E-state index in [-0.39, 0.29) is 24.1 Å². The number of nitrogens with one attached hydrogen (secondary N) is 1. The van der Waals surface area contributed by atoms with Crippen molar-refractivity contribution in [2.24, 2.45) is 5.92 Å². The first kappa shape index (κ1) is 17.3. The number of hydrogen-bond acceptors (Lipinski definition) is 5. The van der Waals surface area contributed by atoms with Crippen LogP contribution < -0.4 is 10.2 Å². The van der Waals surface area contributed by atoms with E-state index in [1.807, 2.05) is 18.3 Å². The van der Waals surface area contributed by atoms with Crippen molar-refractivity contribution in [3.8, 4) is 0 Å². The lowest BCUT2D eigenvalue weighted by atomic mass is 10.0. The molecule has 3 aromatic rings. The predicted octanol–water partition coefficient (Wildman–Crippen LogP) is 3.88. The van der Waals surface area contributed by atoms with Crippen LogP contribution in [0.3, 0.4) is 0 Å². The molecule has 0 saturated carbocycles. The summed E-state index contributed by atoms with van der Waals surface area (Å²) in [6.07, 6.45) is 5.42. The molecule has 7 nitrogen and oxygen atoms in total. The topological polar surface area (TPSA) is 71.8 Å². The van der Waals surface area contributed by atoms with Crippen LogP contribution in [-0.2, 0) is 4.74 Å². The van der Waals surface area contributed by atoms with Crippen molar-refractivity contribution >= 4 is 23.4 Å². The Labute approximate surface area is 158 Å². The Bertz CT molecular complexity index is 935. The van der Waals surface area contributed by atoms with Crippen molar-refractivity contribution in [2.75, 3.05) is 16.8 Å². The lowest BCUT2D eigenvalue weighted by Crippen LogP contribution is -2.37. The summed E-state index contributed by atoms with van der Waals surface area (Å²) in [6.45, 7) is 6.59. The van der Waals surface area contributed by atoms with E-state index in [0.717, 1.165) is 11.1 Å². The van der Waals surface area contributed by atoms with Gasteiger partial charge in [0.05, 0.1) is 12.1 Å². The second kappa shape index (κ2) is 6.90. The Morgan fingerprint density at radius 3 is 2.89 bits per heavy atom. The second-order valence-corrected chi connectivity index (χ2v) is 7.17. The summed E-state index contributed by atoms with van der Waals surface area (Å²) in [5.74, 6) is 1.32. The van der Waals surface area contributed by atoms with E-state index in [9.17, 15) is 4.79 Å². The van der Waals surface area contributed by atoms with Gasteiger partial charge in [-0.3, -0.25) is 4.90 Å². The standard InChI is InChI=1S/C20H23N5O2/c1-13(2)17-12-27-20(26)25(17)18-7-8-21-19(23-18)22-14(3)15-10-16-6-4-5-9-24(16)11-15/h4-11,13-14,17H,12H2,1-3H3,(H,21,22,23)/t14-,17+/m0/s1. The quantitative estimate of drug-likeness (QED) is 0.743. The van der Waals surface area contributed by atoms with Crippen molar-refractivity contribution < 1.29 is 9.53 Å².